The number of hydrogen-bond acceptors (Lipinski definition) is 5. The van der Waals surface area contributed by atoms with Crippen molar-refractivity contribution in [2.45, 2.75) is 26.0 Å². The number of anilines is 2. The Balaban J connectivity index is 1.63. The highest BCUT2D eigenvalue weighted by Crippen LogP contribution is 2.39. The molecule has 1 aromatic heterocycles. The van der Waals surface area contributed by atoms with Gasteiger partial charge in [0.1, 0.15) is 17.6 Å². The zero-order valence-electron chi connectivity index (χ0n) is 17.9. The van der Waals surface area contributed by atoms with Crippen LogP contribution in [-0.2, 0) is 20.9 Å². The van der Waals surface area contributed by atoms with E-state index in [1.807, 2.05) is 31.2 Å². The molecule has 1 unspecified atom stereocenters. The molecule has 2 amide bonds. The number of nitrogens with zero attached hydrogens (tertiary/aromatic N) is 2. The number of methoxy groups -OCH3 is 2. The van der Waals surface area contributed by atoms with Crippen LogP contribution in [0.3, 0.4) is 0 Å². The Morgan fingerprint density at radius 1 is 1.25 bits per heavy atom. The van der Waals surface area contributed by atoms with Crippen LogP contribution in [0.4, 0.5) is 11.5 Å². The number of carbonyl (C=O) groups excluding carboxylic acids is 2. The van der Waals surface area contributed by atoms with E-state index in [-0.39, 0.29) is 24.8 Å². The Morgan fingerprint density at radius 3 is 2.78 bits per heavy atom. The molecule has 9 heteroatoms. The van der Waals surface area contributed by atoms with Gasteiger partial charge in [-0.05, 0) is 42.3 Å². The van der Waals surface area contributed by atoms with Crippen molar-refractivity contribution < 1.29 is 19.1 Å². The number of halogens is 1. The molecule has 0 saturated carbocycles. The lowest BCUT2D eigenvalue weighted by Crippen LogP contribution is -2.24. The molecule has 0 aliphatic carbocycles. The monoisotopic (exact) mass is 454 g/mol. The predicted molar refractivity (Wildman–Crippen MR) is 122 cm³/mol. The van der Waals surface area contributed by atoms with Gasteiger partial charge in [-0.25, -0.2) is 4.68 Å². The molecule has 166 valence electrons. The summed E-state index contributed by atoms with van der Waals surface area (Å²) in [5.74, 6) is 0.446. The Hall–Kier alpha value is -3.36. The average molecular weight is 455 g/mol. The van der Waals surface area contributed by atoms with Crippen LogP contribution < -0.4 is 15.4 Å². The summed E-state index contributed by atoms with van der Waals surface area (Å²) in [5.41, 5.74) is 3.71. The molecule has 1 aliphatic rings. The van der Waals surface area contributed by atoms with Crippen LogP contribution in [0.25, 0.3) is 11.1 Å². The largest absolute Gasteiger partial charge is 0.495 e. The molecule has 0 spiro atoms. The highest BCUT2D eigenvalue weighted by molar-refractivity contribution is 6.30. The highest BCUT2D eigenvalue weighted by atomic mass is 35.5. The van der Waals surface area contributed by atoms with Gasteiger partial charge in [-0.15, -0.1) is 0 Å². The van der Waals surface area contributed by atoms with Gasteiger partial charge in [0.05, 0.1) is 31.5 Å². The van der Waals surface area contributed by atoms with Crippen LogP contribution in [0, 0.1) is 6.92 Å². The van der Waals surface area contributed by atoms with Gasteiger partial charge >= 0.3 is 0 Å². The first-order valence-corrected chi connectivity index (χ1v) is 10.4. The van der Waals surface area contributed by atoms with Gasteiger partial charge in [0.25, 0.3) is 5.91 Å². The molecule has 0 radical (unpaired) electrons. The van der Waals surface area contributed by atoms with E-state index < -0.39 is 6.04 Å². The molecule has 2 heterocycles. The second kappa shape index (κ2) is 9.02. The third-order valence-corrected chi connectivity index (χ3v) is 5.46. The smallest absolute Gasteiger partial charge is 0.251 e. The van der Waals surface area contributed by atoms with Crippen molar-refractivity contribution in [3.63, 3.8) is 0 Å². The zero-order chi connectivity index (χ0) is 22.8. The van der Waals surface area contributed by atoms with E-state index in [4.69, 9.17) is 21.1 Å². The third-order valence-electron chi connectivity index (χ3n) is 5.22. The summed E-state index contributed by atoms with van der Waals surface area (Å²) in [4.78, 5) is 25.5. The number of rotatable bonds is 7. The molecular formula is C23H23ClN4O4. The summed E-state index contributed by atoms with van der Waals surface area (Å²) in [6, 6.07) is 12.0. The number of amides is 2. The molecule has 0 saturated heterocycles. The summed E-state index contributed by atoms with van der Waals surface area (Å²) in [6.45, 7) is 2.17. The fourth-order valence-electron chi connectivity index (χ4n) is 3.80. The van der Waals surface area contributed by atoms with Gasteiger partial charge in [-0.1, -0.05) is 29.8 Å². The number of aryl methyl sites for hydroxylation is 1. The Labute approximate surface area is 190 Å². The van der Waals surface area contributed by atoms with Crippen LogP contribution in [0.2, 0.25) is 5.02 Å². The SMILES string of the molecule is COCc1nn2c(c1-c1cccc(Cl)c1)NC(=O)C2CC(=O)Nc1cc(C)ccc1OC. The molecular weight excluding hydrogens is 432 g/mol. The molecule has 4 rings (SSSR count). The topological polar surface area (TPSA) is 94.5 Å². The predicted octanol–water partition coefficient (Wildman–Crippen LogP) is 4.19. The van der Waals surface area contributed by atoms with E-state index in [0.717, 1.165) is 16.7 Å². The first-order chi connectivity index (χ1) is 15.4. The first-order valence-electron chi connectivity index (χ1n) is 10.0. The van der Waals surface area contributed by atoms with Gasteiger partial charge in [0.2, 0.25) is 5.91 Å². The van der Waals surface area contributed by atoms with Gasteiger partial charge in [-0.3, -0.25) is 9.59 Å². The lowest BCUT2D eigenvalue weighted by Gasteiger charge is -2.13. The van der Waals surface area contributed by atoms with Crippen molar-refractivity contribution in [3.8, 4) is 16.9 Å². The van der Waals surface area contributed by atoms with Crippen LogP contribution in [0.5, 0.6) is 5.75 Å². The van der Waals surface area contributed by atoms with Crippen molar-refractivity contribution in [2.24, 2.45) is 0 Å². The fraction of sp³-hybridized carbons (Fsp3) is 0.261. The molecule has 8 nitrogen and oxygen atoms in total. The standard InChI is InChI=1S/C23H23ClN4O4/c1-13-7-8-19(32-3)16(9-13)25-20(29)11-18-23(30)26-22-21(14-5-4-6-15(24)10-14)17(12-31-2)27-28(18)22/h4-10,18H,11-12H2,1-3H3,(H,25,29)(H,26,30). The number of nitrogens with one attached hydrogen (secondary N) is 2. The van der Waals surface area contributed by atoms with Crippen molar-refractivity contribution in [3.05, 3.63) is 58.7 Å². The average Bonchev–Trinajstić information content (AvgIpc) is 3.23. The van der Waals surface area contributed by atoms with Crippen molar-refractivity contribution in [2.75, 3.05) is 24.9 Å². The van der Waals surface area contributed by atoms with Crippen LogP contribution in [0.15, 0.2) is 42.5 Å². The quantitative estimate of drug-likeness (QED) is 0.558. The van der Waals surface area contributed by atoms with Crippen LogP contribution >= 0.6 is 11.6 Å². The molecule has 2 aromatic carbocycles. The Morgan fingerprint density at radius 2 is 2.06 bits per heavy atom. The zero-order valence-corrected chi connectivity index (χ0v) is 18.7. The number of aromatic nitrogens is 2. The lowest BCUT2D eigenvalue weighted by atomic mass is 10.1. The summed E-state index contributed by atoms with van der Waals surface area (Å²) >= 11 is 6.17. The van der Waals surface area contributed by atoms with Gasteiger partial charge in [-0.2, -0.15) is 5.10 Å². The Kier molecular flexibility index (Phi) is 6.16. The highest BCUT2D eigenvalue weighted by Gasteiger charge is 2.37. The molecule has 1 atom stereocenters. The molecule has 0 bridgehead atoms. The number of carbonyl (C=O) groups is 2. The molecule has 3 aromatic rings. The minimum Gasteiger partial charge on any atom is -0.495 e. The Bertz CT molecular complexity index is 1190. The molecule has 2 N–H and O–H groups in total. The second-order valence-electron chi connectivity index (χ2n) is 7.52. The lowest BCUT2D eigenvalue weighted by molar-refractivity contribution is -0.123. The summed E-state index contributed by atoms with van der Waals surface area (Å²) < 4.78 is 12.2. The van der Waals surface area contributed by atoms with Crippen molar-refractivity contribution in [1.29, 1.82) is 0 Å². The number of fused-ring (bicyclic) bond motifs is 1. The van der Waals surface area contributed by atoms with Gasteiger partial charge in [0.15, 0.2) is 0 Å². The third kappa shape index (κ3) is 4.19. The summed E-state index contributed by atoms with van der Waals surface area (Å²) in [5, 5.41) is 10.9. The van der Waals surface area contributed by atoms with Crippen molar-refractivity contribution in [1.82, 2.24) is 9.78 Å². The second-order valence-corrected chi connectivity index (χ2v) is 7.96. The maximum Gasteiger partial charge on any atom is 0.251 e. The molecule has 0 fully saturated rings. The normalized spacial score (nSPS) is 14.8. The van der Waals surface area contributed by atoms with E-state index >= 15 is 0 Å². The molecule has 1 aliphatic heterocycles. The van der Waals surface area contributed by atoms with E-state index in [9.17, 15) is 9.59 Å². The first kappa shape index (κ1) is 21.9. The minimum absolute atomic E-state index is 0.0843. The van der Waals surface area contributed by atoms with Gasteiger partial charge in [0, 0.05) is 17.7 Å². The van der Waals surface area contributed by atoms with Crippen LogP contribution in [0.1, 0.15) is 23.7 Å². The van der Waals surface area contributed by atoms with E-state index in [0.29, 0.717) is 28.0 Å². The number of benzene rings is 2. The van der Waals surface area contributed by atoms with E-state index in [1.54, 1.807) is 30.0 Å². The van der Waals surface area contributed by atoms with Crippen LogP contribution in [-0.4, -0.2) is 35.8 Å². The number of hydrogen-bond donors (Lipinski definition) is 2. The maximum atomic E-state index is 12.8. The van der Waals surface area contributed by atoms with Crippen molar-refractivity contribution >= 4 is 34.9 Å². The van der Waals surface area contributed by atoms with E-state index in [1.165, 1.54) is 7.11 Å². The van der Waals surface area contributed by atoms with Gasteiger partial charge < -0.3 is 20.1 Å². The number of ether oxygens (including phenoxy) is 2. The molecule has 32 heavy (non-hydrogen) atoms. The maximum absolute atomic E-state index is 12.8. The minimum atomic E-state index is -0.788. The summed E-state index contributed by atoms with van der Waals surface area (Å²) in [7, 11) is 3.11. The summed E-state index contributed by atoms with van der Waals surface area (Å²) in [6.07, 6.45) is -0.0843. The van der Waals surface area contributed by atoms with E-state index in [2.05, 4.69) is 15.7 Å². The fourth-order valence-corrected chi connectivity index (χ4v) is 3.99.